The normalized spacial score (nSPS) is 10.6. The zero-order valence-electron chi connectivity index (χ0n) is 20.1. The van der Waals surface area contributed by atoms with Gasteiger partial charge in [0.25, 0.3) is 11.8 Å². The third-order valence-electron chi connectivity index (χ3n) is 5.15. The largest absolute Gasteiger partial charge is 0.493 e. The first-order chi connectivity index (χ1) is 17.5. The highest BCUT2D eigenvalue weighted by Gasteiger charge is 2.20. The minimum Gasteiger partial charge on any atom is -0.493 e. The van der Waals surface area contributed by atoms with Gasteiger partial charge in [-0.2, -0.15) is 10.2 Å². The van der Waals surface area contributed by atoms with Gasteiger partial charge in [-0.3, -0.25) is 14.3 Å². The van der Waals surface area contributed by atoms with E-state index < -0.39 is 11.8 Å². The van der Waals surface area contributed by atoms with Crippen LogP contribution in [0.25, 0.3) is 0 Å². The number of methoxy groups -OCH3 is 2. The summed E-state index contributed by atoms with van der Waals surface area (Å²) in [7, 11) is 3.06. The van der Waals surface area contributed by atoms with E-state index in [-0.39, 0.29) is 30.4 Å². The van der Waals surface area contributed by atoms with Crippen LogP contribution in [0, 0.1) is 0 Å². The lowest BCUT2D eigenvalue weighted by Crippen LogP contribution is -2.25. The number of nitrogens with one attached hydrogen (secondary N) is 2. The minimum absolute atomic E-state index is 0.0121. The first kappa shape index (κ1) is 24.4. The summed E-state index contributed by atoms with van der Waals surface area (Å²) in [4.78, 5) is 25.6. The molecule has 0 saturated carbocycles. The van der Waals surface area contributed by atoms with E-state index in [4.69, 9.17) is 18.6 Å². The maximum atomic E-state index is 12.9. The Morgan fingerprint density at radius 3 is 2.44 bits per heavy atom. The summed E-state index contributed by atoms with van der Waals surface area (Å²) in [6.45, 7) is 2.60. The summed E-state index contributed by atoms with van der Waals surface area (Å²) in [5.41, 5.74) is 0.489. The highest BCUT2D eigenvalue weighted by atomic mass is 16.5. The number of aromatic nitrogens is 4. The molecule has 188 valence electrons. The predicted octanol–water partition coefficient (Wildman–Crippen LogP) is 2.93. The van der Waals surface area contributed by atoms with Crippen LogP contribution in [-0.2, 0) is 19.8 Å². The quantitative estimate of drug-likeness (QED) is 0.325. The summed E-state index contributed by atoms with van der Waals surface area (Å²) < 4.78 is 24.7. The van der Waals surface area contributed by atoms with Crippen molar-refractivity contribution in [1.82, 2.24) is 24.9 Å². The molecule has 12 nitrogen and oxygen atoms in total. The lowest BCUT2D eigenvalue weighted by Gasteiger charge is -2.13. The van der Waals surface area contributed by atoms with E-state index >= 15 is 0 Å². The molecule has 0 radical (unpaired) electrons. The Morgan fingerprint density at radius 1 is 1.00 bits per heavy atom. The lowest BCUT2D eigenvalue weighted by molar-refractivity contribution is 0.0943. The second-order valence-electron chi connectivity index (χ2n) is 7.47. The maximum Gasteiger partial charge on any atom is 0.276 e. The summed E-state index contributed by atoms with van der Waals surface area (Å²) in [5, 5.41) is 14.0. The first-order valence-corrected chi connectivity index (χ1v) is 11.1. The molecule has 0 unspecified atom stereocenters. The smallest absolute Gasteiger partial charge is 0.276 e. The van der Waals surface area contributed by atoms with Gasteiger partial charge in [0.05, 0.1) is 32.7 Å². The molecule has 0 spiro atoms. The van der Waals surface area contributed by atoms with Crippen molar-refractivity contribution in [2.24, 2.45) is 0 Å². The van der Waals surface area contributed by atoms with Gasteiger partial charge in [-0.05, 0) is 37.3 Å². The van der Waals surface area contributed by atoms with Crippen molar-refractivity contribution < 1.29 is 28.2 Å². The van der Waals surface area contributed by atoms with Gasteiger partial charge in [-0.15, -0.1) is 0 Å². The zero-order chi connectivity index (χ0) is 25.5. The number of anilines is 1. The Morgan fingerprint density at radius 2 is 1.78 bits per heavy atom. The van der Waals surface area contributed by atoms with Gasteiger partial charge in [0, 0.05) is 18.9 Å². The molecular formula is C24H26N6O6. The van der Waals surface area contributed by atoms with Crippen LogP contribution in [-0.4, -0.2) is 45.6 Å². The predicted molar refractivity (Wildman–Crippen MR) is 128 cm³/mol. The summed E-state index contributed by atoms with van der Waals surface area (Å²) in [6.07, 6.45) is 4.72. The van der Waals surface area contributed by atoms with Crippen molar-refractivity contribution in [1.29, 1.82) is 0 Å². The lowest BCUT2D eigenvalue weighted by atomic mass is 10.3. The highest BCUT2D eigenvalue weighted by Crippen LogP contribution is 2.36. The Kier molecular flexibility index (Phi) is 7.54. The second kappa shape index (κ2) is 11.1. The second-order valence-corrected chi connectivity index (χ2v) is 7.47. The average molecular weight is 495 g/mol. The fraction of sp³-hybridized carbons (Fsp3) is 0.250. The van der Waals surface area contributed by atoms with Crippen molar-refractivity contribution in [3.05, 3.63) is 72.2 Å². The number of benzene rings is 1. The van der Waals surface area contributed by atoms with Gasteiger partial charge in [0.1, 0.15) is 5.76 Å². The number of hydrogen-bond donors (Lipinski definition) is 2. The van der Waals surface area contributed by atoms with Crippen molar-refractivity contribution in [2.75, 3.05) is 19.5 Å². The molecule has 0 aliphatic rings. The molecule has 2 N–H and O–H groups in total. The van der Waals surface area contributed by atoms with Gasteiger partial charge in [0.15, 0.2) is 29.6 Å². The van der Waals surface area contributed by atoms with E-state index in [0.29, 0.717) is 29.6 Å². The third kappa shape index (κ3) is 5.49. The molecule has 3 aromatic heterocycles. The van der Waals surface area contributed by atoms with Gasteiger partial charge in [-0.1, -0.05) is 6.07 Å². The van der Waals surface area contributed by atoms with Gasteiger partial charge >= 0.3 is 0 Å². The Hall–Kier alpha value is -4.74. The number of rotatable bonds is 11. The number of hydrogen-bond acceptors (Lipinski definition) is 8. The van der Waals surface area contributed by atoms with E-state index in [1.165, 1.54) is 25.2 Å². The van der Waals surface area contributed by atoms with E-state index in [1.807, 2.05) is 6.92 Å². The molecule has 1 aromatic carbocycles. The Labute approximate surface area is 206 Å². The van der Waals surface area contributed by atoms with Crippen LogP contribution in [0.3, 0.4) is 0 Å². The number of aryl methyl sites for hydroxylation is 1. The van der Waals surface area contributed by atoms with Crippen LogP contribution in [0.4, 0.5) is 5.69 Å². The number of ether oxygens (including phenoxy) is 3. The van der Waals surface area contributed by atoms with Crippen molar-refractivity contribution in [2.45, 2.75) is 26.7 Å². The van der Waals surface area contributed by atoms with Gasteiger partial charge in [-0.25, -0.2) is 4.68 Å². The molecular weight excluding hydrogens is 468 g/mol. The average Bonchev–Trinajstić information content (AvgIpc) is 3.67. The minimum atomic E-state index is -0.501. The van der Waals surface area contributed by atoms with E-state index in [1.54, 1.807) is 53.5 Å². The highest BCUT2D eigenvalue weighted by molar-refractivity contribution is 6.07. The molecule has 0 aliphatic carbocycles. The van der Waals surface area contributed by atoms with Gasteiger partial charge < -0.3 is 29.3 Å². The fourth-order valence-electron chi connectivity index (χ4n) is 3.34. The molecule has 4 aromatic rings. The topological polar surface area (TPSA) is 135 Å². The van der Waals surface area contributed by atoms with Gasteiger partial charge in [0.2, 0.25) is 5.75 Å². The SMILES string of the molecule is CCn1cc(NC(=O)c2ccn(COc3c(OC)cccc3OC)n2)c(C(=O)NCc2ccco2)n1. The van der Waals surface area contributed by atoms with E-state index in [9.17, 15) is 9.59 Å². The van der Waals surface area contributed by atoms with E-state index in [0.717, 1.165) is 0 Å². The molecule has 12 heteroatoms. The van der Waals surface area contributed by atoms with Crippen LogP contribution in [0.1, 0.15) is 33.7 Å². The van der Waals surface area contributed by atoms with Crippen LogP contribution in [0.5, 0.6) is 17.2 Å². The molecule has 0 fully saturated rings. The number of nitrogens with zero attached hydrogens (tertiary/aromatic N) is 4. The first-order valence-electron chi connectivity index (χ1n) is 11.1. The number of para-hydroxylation sites is 1. The summed E-state index contributed by atoms with van der Waals surface area (Å²) >= 11 is 0. The summed E-state index contributed by atoms with van der Waals surface area (Å²) in [6, 6.07) is 10.3. The fourth-order valence-corrected chi connectivity index (χ4v) is 3.34. The number of furan rings is 1. The maximum absolute atomic E-state index is 12.9. The molecule has 0 bridgehead atoms. The van der Waals surface area contributed by atoms with E-state index in [2.05, 4.69) is 20.8 Å². The van der Waals surface area contributed by atoms with Crippen LogP contribution >= 0.6 is 0 Å². The molecule has 0 atom stereocenters. The third-order valence-corrected chi connectivity index (χ3v) is 5.15. The Balaban J connectivity index is 1.42. The molecule has 4 rings (SSSR count). The molecule has 2 amide bonds. The van der Waals surface area contributed by atoms with Crippen molar-refractivity contribution in [3.8, 4) is 17.2 Å². The van der Waals surface area contributed by atoms with Crippen LogP contribution in [0.2, 0.25) is 0 Å². The molecule has 0 saturated heterocycles. The zero-order valence-corrected chi connectivity index (χ0v) is 20.1. The monoisotopic (exact) mass is 494 g/mol. The van der Waals surface area contributed by atoms with Crippen LogP contribution in [0.15, 0.2) is 59.5 Å². The number of carbonyl (C=O) groups is 2. The summed E-state index contributed by atoms with van der Waals surface area (Å²) in [5.74, 6) is 1.08. The number of amides is 2. The number of carbonyl (C=O) groups excluding carboxylic acids is 2. The Bertz CT molecular complexity index is 1300. The van der Waals surface area contributed by atoms with Crippen molar-refractivity contribution in [3.63, 3.8) is 0 Å². The molecule has 0 aliphatic heterocycles. The molecule has 3 heterocycles. The standard InChI is InChI=1S/C24H26N6O6/c1-4-29-14-18(21(28-29)24(32)25-13-16-7-6-12-35-16)26-23(31)17-10-11-30(27-17)15-36-22-19(33-2)8-5-9-20(22)34-3/h5-12,14H,4,13,15H2,1-3H3,(H,25,32)(H,26,31). The van der Waals surface area contributed by atoms with Crippen LogP contribution < -0.4 is 24.8 Å². The van der Waals surface area contributed by atoms with Crippen molar-refractivity contribution >= 4 is 17.5 Å². The molecule has 36 heavy (non-hydrogen) atoms.